The van der Waals surface area contributed by atoms with E-state index >= 15 is 0 Å². The van der Waals surface area contributed by atoms with Crippen LogP contribution in [0.4, 0.5) is 5.82 Å². The Morgan fingerprint density at radius 3 is 2.70 bits per heavy atom. The molecule has 108 valence electrons. The molecule has 0 aromatic carbocycles. The van der Waals surface area contributed by atoms with Gasteiger partial charge in [-0.2, -0.15) is 0 Å². The van der Waals surface area contributed by atoms with Gasteiger partial charge in [0.05, 0.1) is 11.1 Å². The van der Waals surface area contributed by atoms with Gasteiger partial charge in [-0.1, -0.05) is 11.6 Å². The molecule has 0 spiro atoms. The minimum atomic E-state index is -3.69. The number of halogens is 1. The smallest absolute Gasteiger partial charge is 0.242 e. The molecule has 0 radical (unpaired) electrons. The van der Waals surface area contributed by atoms with Crippen molar-refractivity contribution < 1.29 is 8.42 Å². The quantitative estimate of drug-likeness (QED) is 0.877. The molecule has 2 rings (SSSR count). The third-order valence-electron chi connectivity index (χ3n) is 2.52. The van der Waals surface area contributed by atoms with E-state index in [1.54, 1.807) is 25.5 Å². The highest BCUT2D eigenvalue weighted by Crippen LogP contribution is 2.23. The number of hydrogen-bond acceptors (Lipinski definition) is 6. The van der Waals surface area contributed by atoms with Crippen molar-refractivity contribution in [2.24, 2.45) is 0 Å². The van der Waals surface area contributed by atoms with Crippen molar-refractivity contribution >= 4 is 38.8 Å². The summed E-state index contributed by atoms with van der Waals surface area (Å²) in [6.07, 6.45) is 2.89. The maximum absolute atomic E-state index is 12.2. The van der Waals surface area contributed by atoms with E-state index in [-0.39, 0.29) is 9.92 Å². The van der Waals surface area contributed by atoms with Crippen LogP contribution in [0.5, 0.6) is 0 Å². The Morgan fingerprint density at radius 2 is 2.15 bits per heavy atom. The fourth-order valence-electron chi connectivity index (χ4n) is 1.55. The molecule has 6 nitrogen and oxygen atoms in total. The molecule has 2 N–H and O–H groups in total. The van der Waals surface area contributed by atoms with Crippen molar-refractivity contribution in [2.45, 2.75) is 17.9 Å². The Balaban J connectivity index is 2.24. The molecular formula is C11H13ClN4O2S2. The van der Waals surface area contributed by atoms with E-state index in [1.165, 1.54) is 23.6 Å². The van der Waals surface area contributed by atoms with Crippen molar-refractivity contribution in [3.8, 4) is 0 Å². The van der Waals surface area contributed by atoms with Gasteiger partial charge in [0, 0.05) is 24.8 Å². The summed E-state index contributed by atoms with van der Waals surface area (Å²) < 4.78 is 27.0. The normalized spacial score (nSPS) is 13.2. The number of anilines is 1. The zero-order chi connectivity index (χ0) is 14.8. The molecule has 2 aromatic heterocycles. The SMILES string of the molecule is CNc1ncc(S(=O)(=O)NC(C)c2nccs2)cc1Cl. The standard InChI is InChI=1S/C11H13ClN4O2S2/c1-7(11-14-3-4-19-11)16-20(17,18)8-5-9(12)10(13-2)15-6-8/h3-7,16H,1-2H3,(H,13,15). The lowest BCUT2D eigenvalue weighted by atomic mass is 10.4. The summed E-state index contributed by atoms with van der Waals surface area (Å²) >= 11 is 7.33. The predicted octanol–water partition coefficient (Wildman–Crippen LogP) is 2.27. The zero-order valence-corrected chi connectivity index (χ0v) is 13.2. The summed E-state index contributed by atoms with van der Waals surface area (Å²) in [5.41, 5.74) is 0. The number of rotatable bonds is 5. The lowest BCUT2D eigenvalue weighted by Crippen LogP contribution is -2.27. The molecule has 0 aliphatic heterocycles. The van der Waals surface area contributed by atoms with E-state index in [2.05, 4.69) is 20.0 Å². The van der Waals surface area contributed by atoms with E-state index in [0.717, 1.165) is 0 Å². The number of nitrogens with zero attached hydrogens (tertiary/aromatic N) is 2. The highest BCUT2D eigenvalue weighted by Gasteiger charge is 2.21. The fourth-order valence-corrected chi connectivity index (χ4v) is 3.77. The fraction of sp³-hybridized carbons (Fsp3) is 0.273. The Hall–Kier alpha value is -1.22. The summed E-state index contributed by atoms with van der Waals surface area (Å²) in [5.74, 6) is 0.429. The second-order valence-corrected chi connectivity index (χ2v) is 7.01. The first-order valence-corrected chi connectivity index (χ1v) is 8.43. The third-order valence-corrected chi connectivity index (χ3v) is 5.27. The first-order chi connectivity index (χ1) is 9.44. The zero-order valence-electron chi connectivity index (χ0n) is 10.8. The predicted molar refractivity (Wildman–Crippen MR) is 79.6 cm³/mol. The molecule has 0 saturated heterocycles. The van der Waals surface area contributed by atoms with Crippen molar-refractivity contribution in [3.05, 3.63) is 33.9 Å². The lowest BCUT2D eigenvalue weighted by molar-refractivity contribution is 0.566. The van der Waals surface area contributed by atoms with Gasteiger partial charge >= 0.3 is 0 Å². The molecule has 9 heteroatoms. The van der Waals surface area contributed by atoms with Crippen molar-refractivity contribution in [3.63, 3.8) is 0 Å². The molecule has 0 aliphatic carbocycles. The van der Waals surface area contributed by atoms with Crippen LogP contribution >= 0.6 is 22.9 Å². The molecule has 20 heavy (non-hydrogen) atoms. The number of hydrogen-bond donors (Lipinski definition) is 2. The summed E-state index contributed by atoms with van der Waals surface area (Å²) in [4.78, 5) is 8.06. The topological polar surface area (TPSA) is 84.0 Å². The number of thiazole rings is 1. The maximum atomic E-state index is 12.2. The van der Waals surface area contributed by atoms with Gasteiger partial charge < -0.3 is 5.32 Å². The van der Waals surface area contributed by atoms with Gasteiger partial charge in [0.15, 0.2) is 0 Å². The minimum Gasteiger partial charge on any atom is -0.372 e. The van der Waals surface area contributed by atoms with E-state index in [1.807, 2.05) is 0 Å². The number of aromatic nitrogens is 2. The van der Waals surface area contributed by atoms with E-state index < -0.39 is 16.1 Å². The highest BCUT2D eigenvalue weighted by molar-refractivity contribution is 7.89. The molecule has 0 bridgehead atoms. The minimum absolute atomic E-state index is 0.0184. The molecule has 1 atom stereocenters. The van der Waals surface area contributed by atoms with Crippen LogP contribution in [0.1, 0.15) is 18.0 Å². The molecule has 0 aliphatic rings. The maximum Gasteiger partial charge on any atom is 0.242 e. The van der Waals surface area contributed by atoms with Crippen LogP contribution in [-0.4, -0.2) is 25.4 Å². The Labute approximate surface area is 126 Å². The van der Waals surface area contributed by atoms with Gasteiger partial charge in [-0.15, -0.1) is 11.3 Å². The molecule has 2 aromatic rings. The first-order valence-electron chi connectivity index (χ1n) is 5.69. The van der Waals surface area contributed by atoms with Crippen molar-refractivity contribution in [2.75, 3.05) is 12.4 Å². The number of pyridine rings is 1. The number of sulfonamides is 1. The number of nitrogens with one attached hydrogen (secondary N) is 2. The molecular weight excluding hydrogens is 320 g/mol. The average molecular weight is 333 g/mol. The third kappa shape index (κ3) is 3.26. The van der Waals surface area contributed by atoms with Crippen LogP contribution in [0.25, 0.3) is 0 Å². The molecule has 0 saturated carbocycles. The summed E-state index contributed by atoms with van der Waals surface area (Å²) in [5, 5.41) is 5.50. The van der Waals surface area contributed by atoms with Gasteiger partial charge in [-0.3, -0.25) is 0 Å². The van der Waals surface area contributed by atoms with Crippen molar-refractivity contribution in [1.82, 2.24) is 14.7 Å². The summed E-state index contributed by atoms with van der Waals surface area (Å²) in [6.45, 7) is 1.73. The average Bonchev–Trinajstić information content (AvgIpc) is 2.92. The first kappa shape index (κ1) is 15.2. The van der Waals surface area contributed by atoms with Gasteiger partial charge in [0.25, 0.3) is 0 Å². The van der Waals surface area contributed by atoms with E-state index in [9.17, 15) is 8.42 Å². The van der Waals surface area contributed by atoms with Crippen LogP contribution in [0.2, 0.25) is 5.02 Å². The molecule has 2 heterocycles. The van der Waals surface area contributed by atoms with E-state index in [0.29, 0.717) is 10.8 Å². The molecule has 1 unspecified atom stereocenters. The van der Waals surface area contributed by atoms with Gasteiger partial charge in [-0.05, 0) is 13.0 Å². The monoisotopic (exact) mass is 332 g/mol. The van der Waals surface area contributed by atoms with Crippen molar-refractivity contribution in [1.29, 1.82) is 0 Å². The van der Waals surface area contributed by atoms with Gasteiger partial charge in [-0.25, -0.2) is 23.1 Å². The Morgan fingerprint density at radius 1 is 1.40 bits per heavy atom. The van der Waals surface area contributed by atoms with Gasteiger partial charge in [0.2, 0.25) is 10.0 Å². The van der Waals surface area contributed by atoms with Crippen LogP contribution in [0, 0.1) is 0 Å². The van der Waals surface area contributed by atoms with Crippen LogP contribution in [0.3, 0.4) is 0 Å². The second kappa shape index (κ2) is 6.04. The molecule has 0 fully saturated rings. The van der Waals surface area contributed by atoms with Crippen LogP contribution in [-0.2, 0) is 10.0 Å². The van der Waals surface area contributed by atoms with Crippen LogP contribution < -0.4 is 10.0 Å². The largest absolute Gasteiger partial charge is 0.372 e. The Bertz CT molecular complexity index is 688. The highest BCUT2D eigenvalue weighted by atomic mass is 35.5. The molecule has 0 amide bonds. The second-order valence-electron chi connectivity index (χ2n) is 3.96. The summed E-state index contributed by atoms with van der Waals surface area (Å²) in [7, 11) is -2.03. The van der Waals surface area contributed by atoms with Gasteiger partial charge in [0.1, 0.15) is 15.7 Å². The lowest BCUT2D eigenvalue weighted by Gasteiger charge is -2.12. The van der Waals surface area contributed by atoms with E-state index in [4.69, 9.17) is 11.6 Å². The van der Waals surface area contributed by atoms with Crippen LogP contribution in [0.15, 0.2) is 28.7 Å². The summed E-state index contributed by atoms with van der Waals surface area (Å²) in [6, 6.07) is 0.944. The Kier molecular flexibility index (Phi) is 4.59.